The molecule has 0 atom stereocenters. The number of piperazine rings is 1. The summed E-state index contributed by atoms with van der Waals surface area (Å²) in [6, 6.07) is 0. The molecule has 150 valence electrons. The van der Waals surface area contributed by atoms with Crippen molar-refractivity contribution in [2.24, 2.45) is 11.7 Å². The molecule has 0 aromatic heterocycles. The first kappa shape index (κ1) is 22.4. The van der Waals surface area contributed by atoms with Gasteiger partial charge in [0.05, 0.1) is 5.54 Å². The highest BCUT2D eigenvalue weighted by Gasteiger charge is 2.24. The second kappa shape index (κ2) is 10.5. The first-order valence-electron chi connectivity index (χ1n) is 9.74. The fourth-order valence-corrected chi connectivity index (χ4v) is 2.85. The van der Waals surface area contributed by atoms with Crippen LogP contribution >= 0.6 is 0 Å². The Morgan fingerprint density at radius 1 is 0.962 bits per heavy atom. The minimum absolute atomic E-state index is 0.154. The quantitative estimate of drug-likeness (QED) is 0.596. The van der Waals surface area contributed by atoms with Crippen molar-refractivity contribution < 1.29 is 14.4 Å². The van der Waals surface area contributed by atoms with Crippen LogP contribution in [0.5, 0.6) is 0 Å². The van der Waals surface area contributed by atoms with Gasteiger partial charge >= 0.3 is 0 Å². The Balaban J connectivity index is 2.14. The topological polar surface area (TPSA) is 95.7 Å². The summed E-state index contributed by atoms with van der Waals surface area (Å²) in [4.78, 5) is 39.7. The third-order valence-electron chi connectivity index (χ3n) is 4.51. The van der Waals surface area contributed by atoms with E-state index in [1.54, 1.807) is 13.8 Å². The average Bonchev–Trinajstić information content (AvgIpc) is 2.56. The number of hydrogen-bond acceptors (Lipinski definition) is 4. The molecule has 26 heavy (non-hydrogen) atoms. The van der Waals surface area contributed by atoms with Crippen molar-refractivity contribution >= 4 is 17.7 Å². The highest BCUT2D eigenvalue weighted by atomic mass is 16.2. The number of unbranched alkanes of at least 4 members (excludes halogenated alkanes) is 2. The lowest BCUT2D eigenvalue weighted by Gasteiger charge is -2.35. The fraction of sp³-hybridized carbons (Fsp3) is 0.842. The molecular weight excluding hydrogens is 332 g/mol. The van der Waals surface area contributed by atoms with E-state index in [1.165, 1.54) is 0 Å². The molecule has 1 saturated heterocycles. The van der Waals surface area contributed by atoms with Crippen molar-refractivity contribution in [2.75, 3.05) is 32.7 Å². The van der Waals surface area contributed by atoms with Crippen LogP contribution in [0.25, 0.3) is 0 Å². The van der Waals surface area contributed by atoms with Gasteiger partial charge in [0.25, 0.3) is 0 Å². The van der Waals surface area contributed by atoms with Gasteiger partial charge in [0.2, 0.25) is 17.7 Å². The molecule has 0 aromatic carbocycles. The molecule has 0 saturated carbocycles. The second-order valence-electron chi connectivity index (χ2n) is 8.15. The van der Waals surface area contributed by atoms with E-state index in [1.807, 2.05) is 23.6 Å². The molecule has 0 unspecified atom stereocenters. The molecule has 7 heteroatoms. The van der Waals surface area contributed by atoms with E-state index in [-0.39, 0.29) is 17.7 Å². The predicted octanol–water partition coefficient (Wildman–Crippen LogP) is 1.12. The number of nitrogens with zero attached hydrogens (tertiary/aromatic N) is 2. The molecule has 1 aliphatic rings. The van der Waals surface area contributed by atoms with Crippen molar-refractivity contribution in [2.45, 2.75) is 65.3 Å². The van der Waals surface area contributed by atoms with E-state index in [2.05, 4.69) is 5.32 Å². The van der Waals surface area contributed by atoms with Gasteiger partial charge in [-0.15, -0.1) is 0 Å². The molecule has 0 bridgehead atoms. The standard InChI is InChI=1S/C19H36N4O3/c1-15(2)14-17(25)23-12-10-22(11-13-23)16(24)8-6-5-7-9-21-18(26)19(3,4)20/h15H,5-14,20H2,1-4H3,(H,21,26). The normalized spacial score (nSPS) is 15.3. The summed E-state index contributed by atoms with van der Waals surface area (Å²) in [6.45, 7) is 10.6. The van der Waals surface area contributed by atoms with Crippen LogP contribution < -0.4 is 11.1 Å². The zero-order valence-electron chi connectivity index (χ0n) is 16.8. The average molecular weight is 369 g/mol. The maximum Gasteiger partial charge on any atom is 0.239 e. The van der Waals surface area contributed by atoms with E-state index in [4.69, 9.17) is 5.73 Å². The van der Waals surface area contributed by atoms with Gasteiger partial charge < -0.3 is 20.9 Å². The smallest absolute Gasteiger partial charge is 0.239 e. The summed E-state index contributed by atoms with van der Waals surface area (Å²) in [7, 11) is 0. The van der Waals surface area contributed by atoms with Crippen LogP contribution in [0, 0.1) is 5.92 Å². The molecule has 0 aliphatic carbocycles. The number of nitrogens with one attached hydrogen (secondary N) is 1. The fourth-order valence-electron chi connectivity index (χ4n) is 2.85. The minimum atomic E-state index is -0.853. The molecule has 0 radical (unpaired) electrons. The third kappa shape index (κ3) is 8.17. The van der Waals surface area contributed by atoms with Crippen LogP contribution in [0.2, 0.25) is 0 Å². The van der Waals surface area contributed by atoms with Gasteiger partial charge in [-0.3, -0.25) is 14.4 Å². The number of carbonyl (C=O) groups is 3. The van der Waals surface area contributed by atoms with E-state index in [9.17, 15) is 14.4 Å². The lowest BCUT2D eigenvalue weighted by atomic mass is 10.1. The number of nitrogens with two attached hydrogens (primary N) is 1. The molecule has 3 N–H and O–H groups in total. The van der Waals surface area contributed by atoms with Crippen LogP contribution in [-0.2, 0) is 14.4 Å². The predicted molar refractivity (Wildman–Crippen MR) is 102 cm³/mol. The van der Waals surface area contributed by atoms with Crippen LogP contribution in [-0.4, -0.2) is 65.8 Å². The van der Waals surface area contributed by atoms with Gasteiger partial charge in [-0.25, -0.2) is 0 Å². The third-order valence-corrected chi connectivity index (χ3v) is 4.51. The monoisotopic (exact) mass is 368 g/mol. The Morgan fingerprint density at radius 2 is 1.50 bits per heavy atom. The van der Waals surface area contributed by atoms with Gasteiger partial charge in [-0.1, -0.05) is 20.3 Å². The summed E-state index contributed by atoms with van der Waals surface area (Å²) in [6.07, 6.45) is 3.64. The second-order valence-corrected chi connectivity index (χ2v) is 8.15. The Labute approximate surface area is 157 Å². The van der Waals surface area contributed by atoms with Gasteiger partial charge in [-0.05, 0) is 32.6 Å². The van der Waals surface area contributed by atoms with Crippen LogP contribution in [0.15, 0.2) is 0 Å². The summed E-state index contributed by atoms with van der Waals surface area (Å²) >= 11 is 0. The molecule has 1 aliphatic heterocycles. The zero-order chi connectivity index (χ0) is 19.7. The Hall–Kier alpha value is -1.63. The SMILES string of the molecule is CC(C)CC(=O)N1CCN(C(=O)CCCCCNC(=O)C(C)(C)N)CC1. The van der Waals surface area contributed by atoms with Crippen LogP contribution in [0.4, 0.5) is 0 Å². The molecule has 3 amide bonds. The van der Waals surface area contributed by atoms with E-state index in [0.717, 1.165) is 19.3 Å². The number of carbonyl (C=O) groups excluding carboxylic acids is 3. The van der Waals surface area contributed by atoms with Gasteiger partial charge in [0, 0.05) is 45.6 Å². The van der Waals surface area contributed by atoms with Crippen molar-refractivity contribution in [1.82, 2.24) is 15.1 Å². The summed E-state index contributed by atoms with van der Waals surface area (Å²) < 4.78 is 0. The van der Waals surface area contributed by atoms with Gasteiger partial charge in [-0.2, -0.15) is 0 Å². The van der Waals surface area contributed by atoms with E-state index in [0.29, 0.717) is 51.5 Å². The molecule has 1 fully saturated rings. The van der Waals surface area contributed by atoms with E-state index >= 15 is 0 Å². The largest absolute Gasteiger partial charge is 0.355 e. The molecule has 0 spiro atoms. The Morgan fingerprint density at radius 3 is 2.00 bits per heavy atom. The van der Waals surface area contributed by atoms with Crippen molar-refractivity contribution in [3.05, 3.63) is 0 Å². The van der Waals surface area contributed by atoms with Crippen molar-refractivity contribution in [1.29, 1.82) is 0 Å². The van der Waals surface area contributed by atoms with Crippen LogP contribution in [0.3, 0.4) is 0 Å². The number of rotatable bonds is 9. The van der Waals surface area contributed by atoms with Crippen molar-refractivity contribution in [3.8, 4) is 0 Å². The Bertz CT molecular complexity index is 478. The number of hydrogen-bond donors (Lipinski definition) is 2. The summed E-state index contributed by atoms with van der Waals surface area (Å²) in [5.41, 5.74) is 4.85. The van der Waals surface area contributed by atoms with Crippen LogP contribution in [0.1, 0.15) is 59.8 Å². The summed E-state index contributed by atoms with van der Waals surface area (Å²) in [5.74, 6) is 0.559. The minimum Gasteiger partial charge on any atom is -0.355 e. The zero-order valence-corrected chi connectivity index (χ0v) is 16.8. The molecule has 1 heterocycles. The van der Waals surface area contributed by atoms with Crippen molar-refractivity contribution in [3.63, 3.8) is 0 Å². The molecule has 1 rings (SSSR count). The molecular formula is C19H36N4O3. The number of amides is 3. The lowest BCUT2D eigenvalue weighted by molar-refractivity contribution is -0.140. The van der Waals surface area contributed by atoms with E-state index < -0.39 is 5.54 Å². The first-order valence-corrected chi connectivity index (χ1v) is 9.74. The molecule has 7 nitrogen and oxygen atoms in total. The van der Waals surface area contributed by atoms with Gasteiger partial charge in [0.15, 0.2) is 0 Å². The lowest BCUT2D eigenvalue weighted by Crippen LogP contribution is -2.50. The highest BCUT2D eigenvalue weighted by Crippen LogP contribution is 2.10. The summed E-state index contributed by atoms with van der Waals surface area (Å²) in [5, 5.41) is 2.81. The van der Waals surface area contributed by atoms with Gasteiger partial charge in [0.1, 0.15) is 0 Å². The molecule has 0 aromatic rings. The highest BCUT2D eigenvalue weighted by molar-refractivity contribution is 5.85. The maximum atomic E-state index is 12.3. The maximum absolute atomic E-state index is 12.3. The Kier molecular flexibility index (Phi) is 9.05. The first-order chi connectivity index (χ1) is 12.1.